The number of piperazine rings is 1. The van der Waals surface area contributed by atoms with Crippen molar-refractivity contribution in [2.24, 2.45) is 0 Å². The van der Waals surface area contributed by atoms with Crippen LogP contribution in [0.1, 0.15) is 35.9 Å². The van der Waals surface area contributed by atoms with Crippen LogP contribution in [0.25, 0.3) is 22.3 Å². The number of H-pyrrole nitrogens is 1. The van der Waals surface area contributed by atoms with Crippen molar-refractivity contribution in [3.05, 3.63) is 60.0 Å². The fourth-order valence-corrected chi connectivity index (χ4v) is 5.62. The summed E-state index contributed by atoms with van der Waals surface area (Å²) in [6.07, 6.45) is 3.95. The molecule has 0 spiro atoms. The first-order chi connectivity index (χ1) is 19.8. The zero-order chi connectivity index (χ0) is 28.4. The molecular weight excluding hydrogens is 528 g/mol. The van der Waals surface area contributed by atoms with Gasteiger partial charge in [0.1, 0.15) is 18.1 Å². The highest BCUT2D eigenvalue weighted by Crippen LogP contribution is 2.24. The maximum absolute atomic E-state index is 14.6. The van der Waals surface area contributed by atoms with Crippen LogP contribution in [0.5, 0.6) is 0 Å². The van der Waals surface area contributed by atoms with E-state index in [1.807, 2.05) is 18.2 Å². The summed E-state index contributed by atoms with van der Waals surface area (Å²) in [6, 6.07) is 13.1. The lowest BCUT2D eigenvalue weighted by Gasteiger charge is -2.30. The van der Waals surface area contributed by atoms with E-state index in [2.05, 4.69) is 37.8 Å². The number of nitrogens with zero attached hydrogens (tertiary/aromatic N) is 6. The topological polar surface area (TPSA) is 107 Å². The molecule has 41 heavy (non-hydrogen) atoms. The summed E-state index contributed by atoms with van der Waals surface area (Å²) in [5, 5.41) is 14.1. The molecule has 10 nitrogen and oxygen atoms in total. The van der Waals surface area contributed by atoms with Crippen molar-refractivity contribution < 1.29 is 13.6 Å². The molecule has 2 aromatic carbocycles. The molecule has 0 aliphatic carbocycles. The van der Waals surface area contributed by atoms with Crippen LogP contribution in [0.2, 0.25) is 0 Å². The molecule has 2 aliphatic rings. The van der Waals surface area contributed by atoms with Gasteiger partial charge in [0.2, 0.25) is 0 Å². The van der Waals surface area contributed by atoms with E-state index in [1.54, 1.807) is 29.2 Å². The SMILES string of the molecule is C[C@H]1CCCN1Cc1nc2ccc(NC(=O)c3ccc(-c4cn(CC(F)(F)CN5CCNCC5)nn4)cc3)cc2[nH]1. The second-order valence-electron chi connectivity index (χ2n) is 11.1. The minimum atomic E-state index is -2.92. The number of hydrogen-bond acceptors (Lipinski definition) is 7. The molecule has 4 heterocycles. The van der Waals surface area contributed by atoms with Crippen molar-refractivity contribution in [3.63, 3.8) is 0 Å². The van der Waals surface area contributed by atoms with E-state index in [9.17, 15) is 13.6 Å². The van der Waals surface area contributed by atoms with Crippen LogP contribution < -0.4 is 10.6 Å². The fraction of sp³-hybridized carbons (Fsp3) is 0.448. The van der Waals surface area contributed by atoms with Gasteiger partial charge in [-0.05, 0) is 56.6 Å². The minimum absolute atomic E-state index is 0.252. The third kappa shape index (κ3) is 6.61. The molecular formula is C29H35F2N9O. The number of aromatic amines is 1. The van der Waals surface area contributed by atoms with Crippen molar-refractivity contribution in [1.29, 1.82) is 0 Å². The van der Waals surface area contributed by atoms with Gasteiger partial charge in [-0.1, -0.05) is 17.3 Å². The van der Waals surface area contributed by atoms with E-state index >= 15 is 0 Å². The third-order valence-electron chi connectivity index (χ3n) is 7.87. The molecule has 0 saturated carbocycles. The molecule has 1 atom stereocenters. The van der Waals surface area contributed by atoms with Crippen LogP contribution in [-0.2, 0) is 13.1 Å². The number of rotatable bonds is 9. The van der Waals surface area contributed by atoms with Crippen LogP contribution >= 0.6 is 0 Å². The summed E-state index contributed by atoms with van der Waals surface area (Å²) in [7, 11) is 0. The van der Waals surface area contributed by atoms with E-state index in [1.165, 1.54) is 23.7 Å². The van der Waals surface area contributed by atoms with Crippen molar-refractivity contribution in [3.8, 4) is 11.3 Å². The predicted octanol–water partition coefficient (Wildman–Crippen LogP) is 3.60. The minimum Gasteiger partial charge on any atom is -0.341 e. The molecule has 4 aromatic rings. The number of benzene rings is 2. The Bertz CT molecular complexity index is 1490. The van der Waals surface area contributed by atoms with Gasteiger partial charge in [-0.15, -0.1) is 5.10 Å². The van der Waals surface area contributed by atoms with Gasteiger partial charge in [-0.25, -0.2) is 18.4 Å². The lowest BCUT2D eigenvalue weighted by Crippen LogP contribution is -2.49. The van der Waals surface area contributed by atoms with Gasteiger partial charge >= 0.3 is 0 Å². The van der Waals surface area contributed by atoms with Gasteiger partial charge in [0.05, 0.1) is 30.3 Å². The first kappa shape index (κ1) is 27.4. The first-order valence-corrected chi connectivity index (χ1v) is 14.2. The van der Waals surface area contributed by atoms with E-state index in [0.29, 0.717) is 41.6 Å². The highest BCUT2D eigenvalue weighted by atomic mass is 19.3. The number of fused-ring (bicyclic) bond motifs is 1. The Balaban J connectivity index is 1.06. The summed E-state index contributed by atoms with van der Waals surface area (Å²) in [6.45, 7) is 5.93. The van der Waals surface area contributed by atoms with Gasteiger partial charge in [-0.3, -0.25) is 14.6 Å². The number of alkyl halides is 2. The number of nitrogens with one attached hydrogen (secondary N) is 3. The molecule has 12 heteroatoms. The highest BCUT2D eigenvalue weighted by Gasteiger charge is 2.33. The number of aromatic nitrogens is 5. The van der Waals surface area contributed by atoms with E-state index in [0.717, 1.165) is 43.0 Å². The van der Waals surface area contributed by atoms with Crippen LogP contribution in [0, 0.1) is 0 Å². The largest absolute Gasteiger partial charge is 0.341 e. The predicted molar refractivity (Wildman–Crippen MR) is 153 cm³/mol. The summed E-state index contributed by atoms with van der Waals surface area (Å²) < 4.78 is 30.4. The number of imidazole rings is 1. The Kier molecular flexibility index (Phi) is 7.78. The van der Waals surface area contributed by atoms with E-state index < -0.39 is 12.5 Å². The number of carbonyl (C=O) groups is 1. The molecule has 0 radical (unpaired) electrons. The zero-order valence-electron chi connectivity index (χ0n) is 23.1. The molecule has 2 saturated heterocycles. The number of halogens is 2. The van der Waals surface area contributed by atoms with Crippen LogP contribution in [0.15, 0.2) is 48.7 Å². The summed E-state index contributed by atoms with van der Waals surface area (Å²) >= 11 is 0. The second-order valence-corrected chi connectivity index (χ2v) is 11.1. The second kappa shape index (κ2) is 11.6. The van der Waals surface area contributed by atoms with Crippen LogP contribution in [0.3, 0.4) is 0 Å². The van der Waals surface area contributed by atoms with Gasteiger partial charge in [0.25, 0.3) is 11.8 Å². The smallest absolute Gasteiger partial charge is 0.279 e. The third-order valence-corrected chi connectivity index (χ3v) is 7.87. The fourth-order valence-electron chi connectivity index (χ4n) is 5.62. The Morgan fingerprint density at radius 1 is 1.10 bits per heavy atom. The number of anilines is 1. The van der Waals surface area contributed by atoms with Crippen molar-refractivity contribution in [2.45, 2.75) is 44.8 Å². The molecule has 216 valence electrons. The lowest BCUT2D eigenvalue weighted by molar-refractivity contribution is -0.0509. The molecule has 2 fully saturated rings. The summed E-state index contributed by atoms with van der Waals surface area (Å²) in [4.78, 5) is 25.2. The Morgan fingerprint density at radius 3 is 2.66 bits per heavy atom. The lowest BCUT2D eigenvalue weighted by atomic mass is 10.1. The number of likely N-dealkylation sites (tertiary alicyclic amines) is 1. The molecule has 3 N–H and O–H groups in total. The maximum Gasteiger partial charge on any atom is 0.279 e. The standard InChI is InChI=1S/C29H35F2N9O/c1-20-3-2-12-39(20)17-27-34-24-9-8-23(15-25(24)35-27)33-28(41)22-6-4-21(5-7-22)26-16-40(37-36-26)19-29(30,31)18-38-13-10-32-11-14-38/h4-9,15-16,20,32H,2-3,10-14,17-19H2,1H3,(H,33,41)(H,34,35)/t20-/m0/s1. The van der Waals surface area contributed by atoms with Crippen molar-refractivity contribution in [2.75, 3.05) is 44.6 Å². The molecule has 2 aliphatic heterocycles. The Labute approximate surface area is 237 Å². The van der Waals surface area contributed by atoms with Crippen LogP contribution in [-0.4, -0.2) is 91.9 Å². The monoisotopic (exact) mass is 563 g/mol. The van der Waals surface area contributed by atoms with Gasteiger partial charge < -0.3 is 15.6 Å². The molecule has 2 aromatic heterocycles. The van der Waals surface area contributed by atoms with E-state index in [-0.39, 0.29) is 12.5 Å². The average Bonchev–Trinajstić information content (AvgIpc) is 3.69. The Hall–Kier alpha value is -3.74. The maximum atomic E-state index is 14.6. The number of amides is 1. The molecule has 0 unspecified atom stereocenters. The molecule has 6 rings (SSSR count). The number of hydrogen-bond donors (Lipinski definition) is 3. The average molecular weight is 564 g/mol. The van der Waals surface area contributed by atoms with Crippen molar-refractivity contribution >= 4 is 22.6 Å². The normalized spacial score (nSPS) is 18.8. The quantitative estimate of drug-likeness (QED) is 0.286. The van der Waals surface area contributed by atoms with Crippen molar-refractivity contribution in [1.82, 2.24) is 40.1 Å². The van der Waals surface area contributed by atoms with Crippen LogP contribution in [0.4, 0.5) is 14.5 Å². The number of carbonyl (C=O) groups excluding carboxylic acids is 1. The Morgan fingerprint density at radius 2 is 1.90 bits per heavy atom. The molecule has 0 bridgehead atoms. The van der Waals surface area contributed by atoms with Gasteiger partial charge in [0, 0.05) is 49.0 Å². The van der Waals surface area contributed by atoms with Gasteiger partial charge in [0.15, 0.2) is 0 Å². The van der Waals surface area contributed by atoms with E-state index in [4.69, 9.17) is 4.98 Å². The highest BCUT2D eigenvalue weighted by molar-refractivity contribution is 6.05. The summed E-state index contributed by atoms with van der Waals surface area (Å²) in [5.41, 5.74) is 4.04. The summed E-state index contributed by atoms with van der Waals surface area (Å²) in [5.74, 6) is -2.25. The zero-order valence-corrected chi connectivity index (χ0v) is 23.1. The first-order valence-electron chi connectivity index (χ1n) is 14.2. The molecule has 1 amide bonds. The van der Waals surface area contributed by atoms with Gasteiger partial charge in [-0.2, -0.15) is 0 Å².